The summed E-state index contributed by atoms with van der Waals surface area (Å²) in [4.78, 5) is 37.4. The molecular weight excluding hydrogens is 388 g/mol. The molecule has 1 saturated carbocycles. The molecule has 0 bridgehead atoms. The van der Waals surface area contributed by atoms with Crippen LogP contribution in [0.3, 0.4) is 0 Å². The van der Waals surface area contributed by atoms with Gasteiger partial charge in [-0.3, -0.25) is 9.59 Å². The number of nitrogens with zero attached hydrogens (tertiary/aromatic N) is 3. The zero-order valence-corrected chi connectivity index (χ0v) is 19.4. The van der Waals surface area contributed by atoms with Crippen LogP contribution in [-0.2, 0) is 4.79 Å². The third kappa shape index (κ3) is 5.76. The first-order valence-corrected chi connectivity index (χ1v) is 12.6. The van der Waals surface area contributed by atoms with E-state index in [0.717, 1.165) is 56.3 Å². The molecule has 1 amide bonds. The fourth-order valence-corrected chi connectivity index (χ4v) is 5.83. The highest BCUT2D eigenvalue weighted by molar-refractivity contribution is 5.78. The van der Waals surface area contributed by atoms with Crippen molar-refractivity contribution in [2.45, 2.75) is 83.5 Å². The minimum atomic E-state index is -0.0231. The smallest absolute Gasteiger partial charge is 0.251 e. The molecule has 1 aromatic heterocycles. The molecule has 6 nitrogen and oxygen atoms in total. The Morgan fingerprint density at radius 3 is 2.48 bits per heavy atom. The molecule has 1 atom stereocenters. The number of rotatable bonds is 5. The minimum absolute atomic E-state index is 0.0231. The summed E-state index contributed by atoms with van der Waals surface area (Å²) in [6.45, 7) is 8.87. The lowest BCUT2D eigenvalue weighted by atomic mass is 9.87. The van der Waals surface area contributed by atoms with E-state index in [1.54, 1.807) is 6.07 Å². The summed E-state index contributed by atoms with van der Waals surface area (Å²) in [6, 6.07) is 1.73. The summed E-state index contributed by atoms with van der Waals surface area (Å²) in [6.07, 6.45) is 11.0. The molecule has 0 spiro atoms. The van der Waals surface area contributed by atoms with Gasteiger partial charge in [0.25, 0.3) is 5.56 Å². The third-order valence-corrected chi connectivity index (χ3v) is 7.63. The highest BCUT2D eigenvalue weighted by atomic mass is 16.2. The number of likely N-dealkylation sites (tertiary alicyclic amines) is 2. The van der Waals surface area contributed by atoms with Crippen LogP contribution in [0.1, 0.15) is 95.0 Å². The molecule has 31 heavy (non-hydrogen) atoms. The molecule has 0 radical (unpaired) electrons. The van der Waals surface area contributed by atoms with Crippen molar-refractivity contribution in [3.63, 3.8) is 0 Å². The highest BCUT2D eigenvalue weighted by Gasteiger charge is 2.29. The number of amides is 1. The monoisotopic (exact) mass is 428 g/mol. The van der Waals surface area contributed by atoms with Crippen LogP contribution in [-0.4, -0.2) is 58.4 Å². The lowest BCUT2D eigenvalue weighted by Crippen LogP contribution is -2.41. The Morgan fingerprint density at radius 1 is 1.03 bits per heavy atom. The highest BCUT2D eigenvalue weighted by Crippen LogP contribution is 2.31. The van der Waals surface area contributed by atoms with Gasteiger partial charge in [0, 0.05) is 50.0 Å². The van der Waals surface area contributed by atoms with E-state index < -0.39 is 0 Å². The SMILES string of the molecule is CC(C)C(=O)N1CCC(c2nc([C@H]3CCCN(CC4CCCCC4)C3)cc(=O)[nH]2)CC1. The number of aromatic amines is 1. The van der Waals surface area contributed by atoms with Crippen molar-refractivity contribution < 1.29 is 4.79 Å². The van der Waals surface area contributed by atoms with Crippen LogP contribution in [0.2, 0.25) is 0 Å². The zero-order valence-electron chi connectivity index (χ0n) is 19.4. The van der Waals surface area contributed by atoms with Gasteiger partial charge in [-0.05, 0) is 51.0 Å². The van der Waals surface area contributed by atoms with Gasteiger partial charge in [0.15, 0.2) is 0 Å². The summed E-state index contributed by atoms with van der Waals surface area (Å²) in [7, 11) is 0. The van der Waals surface area contributed by atoms with Crippen LogP contribution < -0.4 is 5.56 Å². The molecule has 2 saturated heterocycles. The van der Waals surface area contributed by atoms with Crippen molar-refractivity contribution in [3.8, 4) is 0 Å². The summed E-state index contributed by atoms with van der Waals surface area (Å²) >= 11 is 0. The van der Waals surface area contributed by atoms with E-state index in [9.17, 15) is 9.59 Å². The Bertz CT molecular complexity index is 791. The Kier molecular flexibility index (Phi) is 7.47. The number of piperidine rings is 2. The number of hydrogen-bond acceptors (Lipinski definition) is 4. The molecule has 6 heteroatoms. The Hall–Kier alpha value is -1.69. The van der Waals surface area contributed by atoms with Crippen molar-refractivity contribution in [2.75, 3.05) is 32.7 Å². The van der Waals surface area contributed by atoms with E-state index in [1.807, 2.05) is 18.7 Å². The number of hydrogen-bond donors (Lipinski definition) is 1. The third-order valence-electron chi connectivity index (χ3n) is 7.63. The second-order valence-corrected chi connectivity index (χ2v) is 10.4. The van der Waals surface area contributed by atoms with Crippen molar-refractivity contribution in [1.29, 1.82) is 0 Å². The molecule has 3 aliphatic rings. The number of H-pyrrole nitrogens is 1. The molecule has 172 valence electrons. The van der Waals surface area contributed by atoms with Crippen LogP contribution in [0.4, 0.5) is 0 Å². The molecule has 2 aliphatic heterocycles. The van der Waals surface area contributed by atoms with Gasteiger partial charge in [-0.1, -0.05) is 33.1 Å². The molecule has 1 aliphatic carbocycles. The second kappa shape index (κ2) is 10.3. The summed E-state index contributed by atoms with van der Waals surface area (Å²) in [5.74, 6) is 2.57. The number of nitrogens with one attached hydrogen (secondary N) is 1. The lowest BCUT2D eigenvalue weighted by molar-refractivity contribution is -0.135. The standard InChI is InChI=1S/C25H40N4O2/c1-18(2)25(31)29-13-10-20(11-14-29)24-26-22(15-23(30)27-24)21-9-6-12-28(17-21)16-19-7-4-3-5-8-19/h15,18-21H,3-14,16-17H2,1-2H3,(H,26,27,30)/t21-/m0/s1. The number of aromatic nitrogens is 2. The molecule has 3 heterocycles. The van der Waals surface area contributed by atoms with E-state index >= 15 is 0 Å². The first-order valence-electron chi connectivity index (χ1n) is 12.6. The molecule has 0 unspecified atom stereocenters. The van der Waals surface area contributed by atoms with Crippen molar-refractivity contribution >= 4 is 5.91 Å². The van der Waals surface area contributed by atoms with E-state index in [2.05, 4.69) is 9.88 Å². The maximum absolute atomic E-state index is 12.5. The van der Waals surface area contributed by atoms with Gasteiger partial charge in [-0.15, -0.1) is 0 Å². The van der Waals surface area contributed by atoms with Crippen molar-refractivity contribution in [3.05, 3.63) is 27.9 Å². The molecule has 0 aromatic carbocycles. The molecule has 1 N–H and O–H groups in total. The van der Waals surface area contributed by atoms with Crippen LogP contribution in [0.5, 0.6) is 0 Å². The Morgan fingerprint density at radius 2 is 1.77 bits per heavy atom. The van der Waals surface area contributed by atoms with Gasteiger partial charge in [0.2, 0.25) is 5.91 Å². The van der Waals surface area contributed by atoms with Crippen molar-refractivity contribution in [1.82, 2.24) is 19.8 Å². The average Bonchev–Trinajstić information content (AvgIpc) is 2.79. The van der Waals surface area contributed by atoms with E-state index in [0.29, 0.717) is 5.92 Å². The van der Waals surface area contributed by atoms with Gasteiger partial charge >= 0.3 is 0 Å². The van der Waals surface area contributed by atoms with Crippen LogP contribution in [0.15, 0.2) is 10.9 Å². The molecule has 3 fully saturated rings. The second-order valence-electron chi connectivity index (χ2n) is 10.4. The first-order chi connectivity index (χ1) is 15.0. The van der Waals surface area contributed by atoms with E-state index in [-0.39, 0.29) is 23.3 Å². The topological polar surface area (TPSA) is 69.3 Å². The van der Waals surface area contributed by atoms with E-state index in [4.69, 9.17) is 4.98 Å². The van der Waals surface area contributed by atoms with Gasteiger partial charge < -0.3 is 14.8 Å². The summed E-state index contributed by atoms with van der Waals surface area (Å²) in [5, 5.41) is 0. The molecule has 4 rings (SSSR count). The van der Waals surface area contributed by atoms with Crippen LogP contribution in [0, 0.1) is 11.8 Å². The predicted molar refractivity (Wildman–Crippen MR) is 123 cm³/mol. The Balaban J connectivity index is 1.39. The minimum Gasteiger partial charge on any atom is -0.342 e. The maximum atomic E-state index is 12.5. The fourth-order valence-electron chi connectivity index (χ4n) is 5.83. The fraction of sp³-hybridized carbons (Fsp3) is 0.800. The average molecular weight is 429 g/mol. The quantitative estimate of drug-likeness (QED) is 0.772. The maximum Gasteiger partial charge on any atom is 0.251 e. The summed E-state index contributed by atoms with van der Waals surface area (Å²) < 4.78 is 0. The van der Waals surface area contributed by atoms with Gasteiger partial charge in [-0.25, -0.2) is 4.98 Å². The largest absolute Gasteiger partial charge is 0.342 e. The Labute approximate surface area is 186 Å². The normalized spacial score (nSPS) is 24.6. The van der Waals surface area contributed by atoms with Crippen molar-refractivity contribution in [2.24, 2.45) is 11.8 Å². The first kappa shape index (κ1) is 22.5. The van der Waals surface area contributed by atoms with Crippen LogP contribution >= 0.6 is 0 Å². The summed E-state index contributed by atoms with van der Waals surface area (Å²) in [5.41, 5.74) is 0.956. The predicted octanol–water partition coefficient (Wildman–Crippen LogP) is 3.89. The molecular formula is C25H40N4O2. The zero-order chi connectivity index (χ0) is 21.8. The van der Waals surface area contributed by atoms with Gasteiger partial charge in [0.1, 0.15) is 5.82 Å². The molecule has 1 aromatic rings. The van der Waals surface area contributed by atoms with Crippen LogP contribution in [0.25, 0.3) is 0 Å². The van der Waals surface area contributed by atoms with Gasteiger partial charge in [-0.2, -0.15) is 0 Å². The lowest BCUT2D eigenvalue weighted by Gasteiger charge is -2.36. The van der Waals surface area contributed by atoms with E-state index in [1.165, 1.54) is 51.6 Å². The number of carbonyl (C=O) groups excluding carboxylic acids is 1. The van der Waals surface area contributed by atoms with Gasteiger partial charge in [0.05, 0.1) is 5.69 Å². The number of carbonyl (C=O) groups is 1.